The molecular weight excluding hydrogens is 518 g/mol. The van der Waals surface area contributed by atoms with Gasteiger partial charge in [0.05, 0.1) is 31.1 Å². The van der Waals surface area contributed by atoms with Crippen molar-refractivity contribution >= 4 is 34.2 Å². The van der Waals surface area contributed by atoms with Crippen LogP contribution in [0.4, 0.5) is 28.5 Å². The Morgan fingerprint density at radius 2 is 1.89 bits per heavy atom. The van der Waals surface area contributed by atoms with E-state index < -0.39 is 41.1 Å². The van der Waals surface area contributed by atoms with E-state index in [9.17, 15) is 27.2 Å². The van der Waals surface area contributed by atoms with E-state index >= 15 is 0 Å². The maximum absolute atomic E-state index is 14.4. The van der Waals surface area contributed by atoms with Crippen LogP contribution in [0, 0.1) is 18.7 Å². The number of methoxy groups -OCH3 is 1. The van der Waals surface area contributed by atoms with Gasteiger partial charge in [0.2, 0.25) is 0 Å². The Hall–Kier alpha value is -3.81. The summed E-state index contributed by atoms with van der Waals surface area (Å²) in [5.74, 6) is -3.44. The second-order valence-electron chi connectivity index (χ2n) is 8.27. The fraction of sp³-hybridized carbons (Fsp3) is 0.348. The quantitative estimate of drug-likeness (QED) is 0.436. The predicted molar refractivity (Wildman–Crippen MR) is 126 cm³/mol. The van der Waals surface area contributed by atoms with E-state index in [4.69, 9.17) is 5.11 Å². The molecular formula is C23H21F4N5O4S. The van der Waals surface area contributed by atoms with Crippen LogP contribution in [0.2, 0.25) is 0 Å². The van der Waals surface area contributed by atoms with Gasteiger partial charge in [0, 0.05) is 23.5 Å². The summed E-state index contributed by atoms with van der Waals surface area (Å²) >= 11 is 1.01. The summed E-state index contributed by atoms with van der Waals surface area (Å²) < 4.78 is 59.2. The minimum atomic E-state index is -4.85. The summed E-state index contributed by atoms with van der Waals surface area (Å²) in [5, 5.41) is 11.7. The lowest BCUT2D eigenvalue weighted by molar-refractivity contribution is -0.142. The average molecular weight is 540 g/mol. The standard InChI is InChI=1S/C23H21F4N5O4S/c1-11-18(13-7-14(23(25,26)27)19(36-2)15(24)8-13)30-22(37-11)31-20(33)16-9-29-17(10-28-16)32-5-3-12(4-6-32)21(34)35/h7-10,12H,3-6H2,1-2H3,(H,34,35)(H,30,31,33). The molecule has 0 unspecified atom stereocenters. The number of piperidine rings is 1. The number of aryl methyl sites for hydroxylation is 1. The molecule has 9 nitrogen and oxygen atoms in total. The molecule has 1 fully saturated rings. The molecule has 1 saturated heterocycles. The van der Waals surface area contributed by atoms with Crippen LogP contribution >= 0.6 is 11.3 Å². The minimum absolute atomic E-state index is 0.0200. The number of carbonyl (C=O) groups excluding carboxylic acids is 1. The summed E-state index contributed by atoms with van der Waals surface area (Å²) in [6.07, 6.45) is -1.21. The number of aromatic nitrogens is 3. The van der Waals surface area contributed by atoms with Gasteiger partial charge < -0.3 is 14.7 Å². The Bertz CT molecular complexity index is 1320. The number of alkyl halides is 3. The molecule has 4 rings (SSSR count). The fourth-order valence-electron chi connectivity index (χ4n) is 3.98. The summed E-state index contributed by atoms with van der Waals surface area (Å²) in [5.41, 5.74) is -1.33. The highest BCUT2D eigenvalue weighted by molar-refractivity contribution is 7.16. The summed E-state index contributed by atoms with van der Waals surface area (Å²) in [7, 11) is 0.950. The number of nitrogens with zero attached hydrogens (tertiary/aromatic N) is 4. The minimum Gasteiger partial charge on any atom is -0.493 e. The number of anilines is 2. The third-order valence-electron chi connectivity index (χ3n) is 5.88. The molecule has 1 aliphatic heterocycles. The lowest BCUT2D eigenvalue weighted by Gasteiger charge is -2.30. The second-order valence-corrected chi connectivity index (χ2v) is 9.48. The van der Waals surface area contributed by atoms with Crippen molar-refractivity contribution in [1.29, 1.82) is 0 Å². The summed E-state index contributed by atoms with van der Waals surface area (Å²) in [6.45, 7) is 2.58. The molecule has 0 radical (unpaired) electrons. The first-order valence-corrected chi connectivity index (χ1v) is 11.8. The van der Waals surface area contributed by atoms with Crippen molar-refractivity contribution in [2.45, 2.75) is 25.9 Å². The van der Waals surface area contributed by atoms with Gasteiger partial charge >= 0.3 is 12.1 Å². The maximum Gasteiger partial charge on any atom is 0.420 e. The van der Waals surface area contributed by atoms with E-state index in [1.54, 1.807) is 6.92 Å². The van der Waals surface area contributed by atoms with E-state index in [0.29, 0.717) is 36.6 Å². The second kappa shape index (κ2) is 10.3. The first-order valence-electron chi connectivity index (χ1n) is 11.0. The number of hydrogen-bond acceptors (Lipinski definition) is 8. The molecule has 2 aromatic heterocycles. The number of amides is 1. The van der Waals surface area contributed by atoms with Crippen LogP contribution in [0.5, 0.6) is 5.75 Å². The molecule has 0 atom stereocenters. The van der Waals surface area contributed by atoms with Gasteiger partial charge in [0.15, 0.2) is 16.7 Å². The predicted octanol–water partition coefficient (Wildman–Crippen LogP) is 4.63. The molecule has 3 heterocycles. The Kier molecular flexibility index (Phi) is 7.30. The summed E-state index contributed by atoms with van der Waals surface area (Å²) in [6, 6.07) is 1.64. The number of benzene rings is 1. The molecule has 1 amide bonds. The zero-order valence-corrected chi connectivity index (χ0v) is 20.4. The van der Waals surface area contributed by atoms with E-state index in [-0.39, 0.29) is 22.1 Å². The molecule has 0 spiro atoms. The number of aliphatic carboxylic acids is 1. The highest BCUT2D eigenvalue weighted by atomic mass is 32.1. The van der Waals surface area contributed by atoms with E-state index in [0.717, 1.165) is 30.6 Å². The van der Waals surface area contributed by atoms with Crippen LogP contribution in [-0.4, -0.2) is 52.1 Å². The van der Waals surface area contributed by atoms with Gasteiger partial charge in [0.25, 0.3) is 5.91 Å². The van der Waals surface area contributed by atoms with Crippen LogP contribution in [0.25, 0.3) is 11.3 Å². The normalized spacial score (nSPS) is 14.5. The third kappa shape index (κ3) is 5.63. The van der Waals surface area contributed by atoms with Gasteiger partial charge in [-0.2, -0.15) is 13.2 Å². The van der Waals surface area contributed by atoms with E-state index in [1.807, 2.05) is 4.90 Å². The van der Waals surface area contributed by atoms with E-state index in [2.05, 4.69) is 25.0 Å². The molecule has 1 aliphatic rings. The molecule has 196 valence electrons. The molecule has 3 aromatic rings. The Morgan fingerprint density at radius 1 is 1.19 bits per heavy atom. The maximum atomic E-state index is 14.4. The first kappa shape index (κ1) is 26.3. The van der Waals surface area contributed by atoms with Crippen LogP contribution in [0.15, 0.2) is 24.5 Å². The molecule has 0 saturated carbocycles. The monoisotopic (exact) mass is 539 g/mol. The van der Waals surface area contributed by atoms with Crippen molar-refractivity contribution in [3.8, 4) is 17.0 Å². The summed E-state index contributed by atoms with van der Waals surface area (Å²) in [4.78, 5) is 38.6. The zero-order chi connectivity index (χ0) is 26.9. The Balaban J connectivity index is 1.49. The topological polar surface area (TPSA) is 118 Å². The van der Waals surface area contributed by atoms with Crippen molar-refractivity contribution in [3.63, 3.8) is 0 Å². The molecule has 14 heteroatoms. The third-order valence-corrected chi connectivity index (χ3v) is 6.77. The van der Waals surface area contributed by atoms with Crippen molar-refractivity contribution in [3.05, 3.63) is 46.5 Å². The Morgan fingerprint density at radius 3 is 2.46 bits per heavy atom. The highest BCUT2D eigenvalue weighted by Crippen LogP contribution is 2.41. The van der Waals surface area contributed by atoms with Gasteiger partial charge in [-0.3, -0.25) is 14.9 Å². The van der Waals surface area contributed by atoms with E-state index in [1.165, 1.54) is 12.4 Å². The number of rotatable bonds is 6. The highest BCUT2D eigenvalue weighted by Gasteiger charge is 2.37. The fourth-order valence-corrected chi connectivity index (χ4v) is 4.82. The lowest BCUT2D eigenvalue weighted by Crippen LogP contribution is -2.36. The molecule has 0 bridgehead atoms. The molecule has 1 aromatic carbocycles. The number of nitrogens with one attached hydrogen (secondary N) is 1. The van der Waals surface area contributed by atoms with Gasteiger partial charge in [0.1, 0.15) is 17.1 Å². The largest absolute Gasteiger partial charge is 0.493 e. The molecule has 0 aliphatic carbocycles. The van der Waals surface area contributed by atoms with Crippen molar-refractivity contribution in [1.82, 2.24) is 15.0 Å². The van der Waals surface area contributed by atoms with Crippen LogP contribution in [0.1, 0.15) is 33.8 Å². The molecule has 2 N–H and O–H groups in total. The van der Waals surface area contributed by atoms with Gasteiger partial charge in [-0.25, -0.2) is 19.3 Å². The number of thiazole rings is 1. The smallest absolute Gasteiger partial charge is 0.420 e. The number of ether oxygens (including phenoxy) is 1. The number of halogens is 4. The molecule has 37 heavy (non-hydrogen) atoms. The van der Waals surface area contributed by atoms with Crippen molar-refractivity contribution in [2.75, 3.05) is 30.4 Å². The number of carboxylic acids is 1. The first-order chi connectivity index (χ1) is 17.5. The SMILES string of the molecule is COc1c(F)cc(-c2nc(NC(=O)c3cnc(N4CCC(C(=O)O)CC4)cn3)sc2C)cc1C(F)(F)F. The van der Waals surface area contributed by atoms with Crippen molar-refractivity contribution < 1.29 is 37.0 Å². The van der Waals surface area contributed by atoms with Gasteiger partial charge in [-0.15, -0.1) is 11.3 Å². The zero-order valence-electron chi connectivity index (χ0n) is 19.6. The van der Waals surface area contributed by atoms with Gasteiger partial charge in [-0.1, -0.05) is 0 Å². The Labute approximate surface area is 212 Å². The van der Waals surface area contributed by atoms with Gasteiger partial charge in [-0.05, 0) is 31.9 Å². The van der Waals surface area contributed by atoms with Crippen LogP contribution < -0.4 is 15.0 Å². The lowest BCUT2D eigenvalue weighted by atomic mass is 9.97. The average Bonchev–Trinajstić information content (AvgIpc) is 3.22. The van der Waals surface area contributed by atoms with Crippen molar-refractivity contribution in [2.24, 2.45) is 5.92 Å². The number of hydrogen-bond donors (Lipinski definition) is 2. The number of carboxylic acid groups (broad SMARTS) is 1. The van der Waals surface area contributed by atoms with Crippen LogP contribution in [0.3, 0.4) is 0 Å². The van der Waals surface area contributed by atoms with Crippen LogP contribution in [-0.2, 0) is 11.0 Å². The number of carbonyl (C=O) groups is 2.